The summed E-state index contributed by atoms with van der Waals surface area (Å²) >= 11 is 0. The van der Waals surface area contributed by atoms with E-state index in [0.29, 0.717) is 24.0 Å². The van der Waals surface area contributed by atoms with Gasteiger partial charge in [0.1, 0.15) is 11.6 Å². The van der Waals surface area contributed by atoms with Gasteiger partial charge in [-0.2, -0.15) is 9.61 Å². The molecule has 0 unspecified atom stereocenters. The maximum atomic E-state index is 6.47. The predicted molar refractivity (Wildman–Crippen MR) is 103 cm³/mol. The minimum atomic E-state index is 0.329. The Bertz CT molecular complexity index is 1210. The number of nitrogens with two attached hydrogens (primary N) is 1. The van der Waals surface area contributed by atoms with Crippen LogP contribution in [0.15, 0.2) is 53.9 Å². The second-order valence-electron chi connectivity index (χ2n) is 6.14. The highest BCUT2D eigenvalue weighted by molar-refractivity contribution is 6.04. The minimum Gasteiger partial charge on any atom is -0.497 e. The van der Waals surface area contributed by atoms with Crippen molar-refractivity contribution in [3.05, 3.63) is 54.4 Å². The van der Waals surface area contributed by atoms with Crippen LogP contribution < -0.4 is 15.8 Å². The van der Waals surface area contributed by atoms with Crippen molar-refractivity contribution in [2.24, 2.45) is 5.16 Å². The topological polar surface area (TPSA) is 99.1 Å². The van der Waals surface area contributed by atoms with Crippen LogP contribution in [0.2, 0.25) is 0 Å². The van der Waals surface area contributed by atoms with Gasteiger partial charge in [-0.3, -0.25) is 0 Å². The van der Waals surface area contributed by atoms with E-state index in [1.54, 1.807) is 24.0 Å². The molecule has 3 N–H and O–H groups in total. The van der Waals surface area contributed by atoms with E-state index < -0.39 is 0 Å². The smallest absolute Gasteiger partial charge is 0.188 e. The van der Waals surface area contributed by atoms with Crippen molar-refractivity contribution in [3.8, 4) is 16.9 Å². The van der Waals surface area contributed by atoms with Crippen LogP contribution in [-0.2, 0) is 4.84 Å². The Morgan fingerprint density at radius 1 is 1.15 bits per heavy atom. The molecule has 0 spiro atoms. The van der Waals surface area contributed by atoms with E-state index in [-0.39, 0.29) is 0 Å². The van der Waals surface area contributed by atoms with E-state index in [0.717, 1.165) is 33.2 Å². The predicted octanol–water partition coefficient (Wildman–Crippen LogP) is 2.38. The van der Waals surface area contributed by atoms with Crippen molar-refractivity contribution in [2.75, 3.05) is 19.6 Å². The van der Waals surface area contributed by atoms with Gasteiger partial charge in [-0.1, -0.05) is 29.4 Å². The van der Waals surface area contributed by atoms with Gasteiger partial charge in [0, 0.05) is 11.8 Å². The van der Waals surface area contributed by atoms with Gasteiger partial charge in [0.05, 0.1) is 18.9 Å². The molecule has 8 heteroatoms. The largest absolute Gasteiger partial charge is 0.497 e. The zero-order chi connectivity index (χ0) is 18.4. The maximum Gasteiger partial charge on any atom is 0.188 e. The van der Waals surface area contributed by atoms with Crippen molar-refractivity contribution in [3.63, 3.8) is 0 Å². The van der Waals surface area contributed by atoms with Crippen molar-refractivity contribution >= 4 is 28.1 Å². The first-order valence-corrected chi connectivity index (χ1v) is 8.40. The Morgan fingerprint density at radius 3 is 2.85 bits per heavy atom. The number of nitrogens with zero attached hydrogens (tertiary/aromatic N) is 4. The molecule has 134 valence electrons. The molecule has 5 rings (SSSR count). The molecule has 0 saturated carbocycles. The number of fused-ring (bicyclic) bond motifs is 2. The molecule has 1 aliphatic heterocycles. The summed E-state index contributed by atoms with van der Waals surface area (Å²) in [6.07, 6.45) is 3.43. The highest BCUT2D eigenvalue weighted by Gasteiger charge is 2.19. The standard InChI is InChI=1S/C19H16N6O2/c1-26-12-6-11-4-2-3-5-13(11)14(7-12)15-8-21-19-16(18-22-10-27-24-18)9-23-25(19)17(15)20/h2-9H,10,20H2,1H3,(H,22,24). The SMILES string of the molecule is COc1cc(-c2cnc3c(C4=NOCN4)cnn3c2N)c2ccccc2c1. The van der Waals surface area contributed by atoms with Crippen LogP contribution in [0.1, 0.15) is 5.56 Å². The summed E-state index contributed by atoms with van der Waals surface area (Å²) < 4.78 is 7.07. The lowest BCUT2D eigenvalue weighted by atomic mass is 9.99. The number of ether oxygens (including phenoxy) is 1. The number of anilines is 1. The summed E-state index contributed by atoms with van der Waals surface area (Å²) in [6.45, 7) is 0.329. The molecule has 2 aromatic carbocycles. The number of nitrogen functional groups attached to an aromatic ring is 1. The number of rotatable bonds is 3. The molecule has 0 aliphatic carbocycles. The summed E-state index contributed by atoms with van der Waals surface area (Å²) in [5, 5.41) is 13.5. The van der Waals surface area contributed by atoms with Crippen LogP contribution >= 0.6 is 0 Å². The van der Waals surface area contributed by atoms with Crippen molar-refractivity contribution in [2.45, 2.75) is 0 Å². The average molecular weight is 360 g/mol. The second-order valence-corrected chi connectivity index (χ2v) is 6.14. The Hall–Kier alpha value is -3.81. The van der Waals surface area contributed by atoms with Crippen molar-refractivity contribution in [1.82, 2.24) is 19.9 Å². The van der Waals surface area contributed by atoms with E-state index in [9.17, 15) is 0 Å². The van der Waals surface area contributed by atoms with Gasteiger partial charge >= 0.3 is 0 Å². The number of amidine groups is 1. The van der Waals surface area contributed by atoms with Gasteiger partial charge in [0.2, 0.25) is 0 Å². The molecule has 8 nitrogen and oxygen atoms in total. The minimum absolute atomic E-state index is 0.329. The first kappa shape index (κ1) is 15.4. The quantitative estimate of drug-likeness (QED) is 0.582. The molecule has 0 radical (unpaired) electrons. The van der Waals surface area contributed by atoms with Crippen LogP contribution in [0, 0.1) is 0 Å². The fraction of sp³-hybridized carbons (Fsp3) is 0.105. The van der Waals surface area contributed by atoms with Crippen molar-refractivity contribution < 1.29 is 9.57 Å². The third kappa shape index (κ3) is 2.34. The molecule has 0 saturated heterocycles. The van der Waals surface area contributed by atoms with Gasteiger partial charge < -0.3 is 20.6 Å². The van der Waals surface area contributed by atoms with E-state index in [1.807, 2.05) is 30.3 Å². The van der Waals surface area contributed by atoms with Crippen LogP contribution in [0.25, 0.3) is 27.5 Å². The number of oxime groups is 1. The van der Waals surface area contributed by atoms with Gasteiger partial charge in [-0.25, -0.2) is 4.98 Å². The second kappa shape index (κ2) is 5.87. The monoisotopic (exact) mass is 360 g/mol. The summed E-state index contributed by atoms with van der Waals surface area (Å²) in [6, 6.07) is 12.0. The molecule has 2 aromatic heterocycles. The number of nitrogens with one attached hydrogen (secondary N) is 1. The fourth-order valence-corrected chi connectivity index (χ4v) is 3.32. The maximum absolute atomic E-state index is 6.47. The summed E-state index contributed by atoms with van der Waals surface area (Å²) in [5.74, 6) is 1.84. The lowest BCUT2D eigenvalue weighted by Crippen LogP contribution is -2.19. The van der Waals surface area contributed by atoms with Gasteiger partial charge in [0.15, 0.2) is 18.2 Å². The molecular formula is C19H16N6O2. The van der Waals surface area contributed by atoms with E-state index in [1.165, 1.54) is 0 Å². The lowest BCUT2D eigenvalue weighted by molar-refractivity contribution is 0.164. The number of hydrogen-bond acceptors (Lipinski definition) is 7. The Balaban J connectivity index is 1.75. The highest BCUT2D eigenvalue weighted by Crippen LogP contribution is 2.35. The van der Waals surface area contributed by atoms with Gasteiger partial charge in [-0.05, 0) is 28.5 Å². The third-order valence-electron chi connectivity index (χ3n) is 4.64. The molecule has 0 amide bonds. The lowest BCUT2D eigenvalue weighted by Gasteiger charge is -2.12. The molecule has 4 aromatic rings. The molecule has 1 aliphatic rings. The molecule has 0 atom stereocenters. The number of hydrogen-bond donors (Lipinski definition) is 2. The number of benzene rings is 2. The summed E-state index contributed by atoms with van der Waals surface area (Å²) in [5.41, 5.74) is 9.54. The first-order valence-electron chi connectivity index (χ1n) is 8.40. The summed E-state index contributed by atoms with van der Waals surface area (Å²) in [7, 11) is 1.65. The van der Waals surface area contributed by atoms with Gasteiger partial charge in [0.25, 0.3) is 0 Å². The van der Waals surface area contributed by atoms with Crippen molar-refractivity contribution in [1.29, 1.82) is 0 Å². The van der Waals surface area contributed by atoms with Crippen LogP contribution in [0.3, 0.4) is 0 Å². The average Bonchev–Trinajstić information content (AvgIpc) is 3.37. The highest BCUT2D eigenvalue weighted by atomic mass is 16.6. The Morgan fingerprint density at radius 2 is 2.04 bits per heavy atom. The first-order chi connectivity index (χ1) is 13.3. The molecule has 3 heterocycles. The zero-order valence-electron chi connectivity index (χ0n) is 14.5. The molecule has 0 bridgehead atoms. The number of aromatic nitrogens is 3. The Labute approximate surface area is 154 Å². The normalized spacial score (nSPS) is 13.4. The van der Waals surface area contributed by atoms with Crippen LogP contribution in [-0.4, -0.2) is 34.3 Å². The van der Waals surface area contributed by atoms with Crippen LogP contribution in [0.4, 0.5) is 5.82 Å². The van der Waals surface area contributed by atoms with E-state index >= 15 is 0 Å². The third-order valence-corrected chi connectivity index (χ3v) is 4.64. The molecule has 27 heavy (non-hydrogen) atoms. The van der Waals surface area contributed by atoms with E-state index in [4.69, 9.17) is 15.3 Å². The van der Waals surface area contributed by atoms with E-state index in [2.05, 4.69) is 26.6 Å². The van der Waals surface area contributed by atoms with Gasteiger partial charge in [-0.15, -0.1) is 0 Å². The fourth-order valence-electron chi connectivity index (χ4n) is 3.32. The van der Waals surface area contributed by atoms with Crippen LogP contribution in [0.5, 0.6) is 5.75 Å². The molecule has 0 fully saturated rings. The number of methoxy groups -OCH3 is 1. The summed E-state index contributed by atoms with van der Waals surface area (Å²) in [4.78, 5) is 9.58. The zero-order valence-corrected chi connectivity index (χ0v) is 14.5. The molecular weight excluding hydrogens is 344 g/mol. The Kier molecular flexibility index (Phi) is 3.36.